The van der Waals surface area contributed by atoms with E-state index < -0.39 is 0 Å². The van der Waals surface area contributed by atoms with E-state index in [1.54, 1.807) is 6.92 Å². The Bertz CT molecular complexity index is 500. The van der Waals surface area contributed by atoms with Gasteiger partial charge in [0.25, 0.3) is 0 Å². The largest absolute Gasteiger partial charge is 0.393 e. The molecule has 1 atom stereocenters. The first-order valence-corrected chi connectivity index (χ1v) is 5.70. The van der Waals surface area contributed by atoms with Crippen molar-refractivity contribution in [2.24, 2.45) is 0 Å². The molecule has 0 radical (unpaired) electrons. The van der Waals surface area contributed by atoms with Crippen LogP contribution in [0.5, 0.6) is 0 Å². The highest BCUT2D eigenvalue weighted by Crippen LogP contribution is 2.18. The van der Waals surface area contributed by atoms with Crippen molar-refractivity contribution >= 4 is 11.0 Å². The van der Waals surface area contributed by atoms with Crippen LogP contribution in [-0.4, -0.2) is 21.2 Å². The van der Waals surface area contributed by atoms with Gasteiger partial charge in [-0.25, -0.2) is 4.98 Å². The highest BCUT2D eigenvalue weighted by Gasteiger charge is 2.06. The molecule has 0 aliphatic rings. The third-order valence-corrected chi connectivity index (χ3v) is 2.77. The van der Waals surface area contributed by atoms with Crippen LogP contribution in [0.4, 0.5) is 0 Å². The summed E-state index contributed by atoms with van der Waals surface area (Å²) in [6, 6.07) is 4.25. The van der Waals surface area contributed by atoms with Crippen LogP contribution in [0.15, 0.2) is 12.1 Å². The Labute approximate surface area is 95.5 Å². The Hall–Kier alpha value is -1.35. The molecule has 0 aliphatic heterocycles. The third kappa shape index (κ3) is 2.25. The highest BCUT2D eigenvalue weighted by atomic mass is 16.3. The average Bonchev–Trinajstić information content (AvgIpc) is 2.57. The van der Waals surface area contributed by atoms with E-state index in [1.807, 2.05) is 0 Å². The van der Waals surface area contributed by atoms with Crippen LogP contribution in [0.2, 0.25) is 0 Å². The first kappa shape index (κ1) is 11.1. The molecule has 2 rings (SSSR count). The number of aliphatic hydroxyl groups excluding tert-OH is 1. The number of aryl methyl sites for hydroxylation is 3. The number of H-pyrrole nitrogens is 1. The molecule has 1 aromatic heterocycles. The standard InChI is InChI=1S/C13H18N2O/c1-8-6-9(2)13-11(7-8)14-12(15-13)5-4-10(3)16/h6-7,10,16H,4-5H2,1-3H3,(H,14,15). The van der Waals surface area contributed by atoms with Gasteiger partial charge in [-0.1, -0.05) is 6.07 Å². The first-order valence-electron chi connectivity index (χ1n) is 5.70. The molecule has 0 saturated heterocycles. The lowest BCUT2D eigenvalue weighted by Crippen LogP contribution is -2.02. The molecular weight excluding hydrogens is 200 g/mol. The first-order chi connectivity index (χ1) is 7.56. The van der Waals surface area contributed by atoms with Crippen LogP contribution >= 0.6 is 0 Å². The lowest BCUT2D eigenvalue weighted by Gasteiger charge is -1.99. The minimum atomic E-state index is -0.268. The van der Waals surface area contributed by atoms with Crippen molar-refractivity contribution in [2.45, 2.75) is 39.7 Å². The molecule has 0 saturated carbocycles. The SMILES string of the molecule is Cc1cc(C)c2nc(CCC(C)O)[nH]c2c1. The minimum Gasteiger partial charge on any atom is -0.393 e. The smallest absolute Gasteiger partial charge is 0.107 e. The maximum absolute atomic E-state index is 9.25. The zero-order valence-corrected chi connectivity index (χ0v) is 10.0. The van der Waals surface area contributed by atoms with Crippen LogP contribution in [-0.2, 0) is 6.42 Å². The van der Waals surface area contributed by atoms with Gasteiger partial charge in [0.05, 0.1) is 17.1 Å². The van der Waals surface area contributed by atoms with Gasteiger partial charge in [-0.05, 0) is 44.4 Å². The van der Waals surface area contributed by atoms with E-state index in [1.165, 1.54) is 11.1 Å². The summed E-state index contributed by atoms with van der Waals surface area (Å²) >= 11 is 0. The Morgan fingerprint density at radius 2 is 2.12 bits per heavy atom. The van der Waals surface area contributed by atoms with Gasteiger partial charge in [0.2, 0.25) is 0 Å². The Balaban J connectivity index is 2.33. The van der Waals surface area contributed by atoms with Crippen LogP contribution in [0.25, 0.3) is 11.0 Å². The van der Waals surface area contributed by atoms with Crippen molar-refractivity contribution in [2.75, 3.05) is 0 Å². The van der Waals surface area contributed by atoms with Gasteiger partial charge >= 0.3 is 0 Å². The number of hydrogen-bond donors (Lipinski definition) is 2. The summed E-state index contributed by atoms with van der Waals surface area (Å²) in [5.74, 6) is 0.963. The zero-order chi connectivity index (χ0) is 11.7. The molecule has 3 heteroatoms. The number of rotatable bonds is 3. The molecule has 16 heavy (non-hydrogen) atoms. The van der Waals surface area contributed by atoms with Crippen LogP contribution in [0.3, 0.4) is 0 Å². The number of hydrogen-bond acceptors (Lipinski definition) is 2. The average molecular weight is 218 g/mol. The van der Waals surface area contributed by atoms with Gasteiger partial charge in [0.15, 0.2) is 0 Å². The van der Waals surface area contributed by atoms with Crippen molar-refractivity contribution < 1.29 is 5.11 Å². The number of nitrogens with one attached hydrogen (secondary N) is 1. The summed E-state index contributed by atoms with van der Waals surface area (Å²) in [4.78, 5) is 7.87. The summed E-state index contributed by atoms with van der Waals surface area (Å²) < 4.78 is 0. The fourth-order valence-electron chi connectivity index (χ4n) is 1.99. The summed E-state index contributed by atoms with van der Waals surface area (Å²) in [6.45, 7) is 5.97. The van der Waals surface area contributed by atoms with Gasteiger partial charge in [0.1, 0.15) is 5.82 Å². The number of nitrogens with zero attached hydrogens (tertiary/aromatic N) is 1. The maximum Gasteiger partial charge on any atom is 0.107 e. The van der Waals surface area contributed by atoms with Crippen molar-refractivity contribution in [1.82, 2.24) is 9.97 Å². The Kier molecular flexibility index (Phi) is 2.97. The second-order valence-electron chi connectivity index (χ2n) is 4.55. The van der Waals surface area contributed by atoms with Gasteiger partial charge in [-0.3, -0.25) is 0 Å². The van der Waals surface area contributed by atoms with E-state index in [-0.39, 0.29) is 6.10 Å². The predicted molar refractivity (Wildman–Crippen MR) is 65.6 cm³/mol. The number of aliphatic hydroxyl groups is 1. The monoisotopic (exact) mass is 218 g/mol. The molecule has 0 bridgehead atoms. The van der Waals surface area contributed by atoms with Gasteiger partial charge < -0.3 is 10.1 Å². The molecule has 3 nitrogen and oxygen atoms in total. The molecule has 2 aromatic rings. The zero-order valence-electron chi connectivity index (χ0n) is 10.0. The Morgan fingerprint density at radius 3 is 2.81 bits per heavy atom. The predicted octanol–water partition coefficient (Wildman–Crippen LogP) is 2.49. The van der Waals surface area contributed by atoms with Crippen molar-refractivity contribution in [3.8, 4) is 0 Å². The second kappa shape index (κ2) is 4.26. The quantitative estimate of drug-likeness (QED) is 0.831. The van der Waals surface area contributed by atoms with E-state index in [4.69, 9.17) is 0 Å². The van der Waals surface area contributed by atoms with E-state index in [0.29, 0.717) is 0 Å². The molecule has 1 aromatic carbocycles. The fourth-order valence-corrected chi connectivity index (χ4v) is 1.99. The number of aromatic nitrogens is 2. The molecular formula is C13H18N2O. The molecule has 0 amide bonds. The summed E-state index contributed by atoms with van der Waals surface area (Å²) in [5, 5.41) is 9.25. The lowest BCUT2D eigenvalue weighted by molar-refractivity contribution is 0.184. The fraction of sp³-hybridized carbons (Fsp3) is 0.462. The minimum absolute atomic E-state index is 0.268. The van der Waals surface area contributed by atoms with Crippen LogP contribution < -0.4 is 0 Å². The number of aromatic amines is 1. The maximum atomic E-state index is 9.25. The van der Waals surface area contributed by atoms with E-state index in [9.17, 15) is 5.11 Å². The lowest BCUT2D eigenvalue weighted by atomic mass is 10.1. The molecule has 0 spiro atoms. The molecule has 2 N–H and O–H groups in total. The number of fused-ring (bicyclic) bond motifs is 1. The van der Waals surface area contributed by atoms with Crippen LogP contribution in [0.1, 0.15) is 30.3 Å². The normalized spacial score (nSPS) is 13.2. The van der Waals surface area contributed by atoms with Gasteiger partial charge in [-0.15, -0.1) is 0 Å². The molecule has 1 heterocycles. The van der Waals surface area contributed by atoms with Crippen molar-refractivity contribution in [1.29, 1.82) is 0 Å². The molecule has 0 aliphatic carbocycles. The second-order valence-corrected chi connectivity index (χ2v) is 4.55. The van der Waals surface area contributed by atoms with Crippen molar-refractivity contribution in [3.05, 3.63) is 29.1 Å². The number of imidazole rings is 1. The van der Waals surface area contributed by atoms with Gasteiger partial charge in [-0.2, -0.15) is 0 Å². The van der Waals surface area contributed by atoms with Crippen LogP contribution in [0, 0.1) is 13.8 Å². The summed E-state index contributed by atoms with van der Waals surface area (Å²) in [7, 11) is 0. The molecule has 1 unspecified atom stereocenters. The molecule has 86 valence electrons. The third-order valence-electron chi connectivity index (χ3n) is 2.77. The number of benzene rings is 1. The van der Waals surface area contributed by atoms with E-state index in [2.05, 4.69) is 35.9 Å². The Morgan fingerprint density at radius 1 is 1.38 bits per heavy atom. The van der Waals surface area contributed by atoms with Gasteiger partial charge in [0, 0.05) is 6.42 Å². The van der Waals surface area contributed by atoms with E-state index in [0.717, 1.165) is 29.7 Å². The molecule has 0 fully saturated rings. The van der Waals surface area contributed by atoms with E-state index >= 15 is 0 Å². The summed E-state index contributed by atoms with van der Waals surface area (Å²) in [6.07, 6.45) is 1.28. The summed E-state index contributed by atoms with van der Waals surface area (Å²) in [5.41, 5.74) is 4.59. The topological polar surface area (TPSA) is 48.9 Å². The van der Waals surface area contributed by atoms with Crippen molar-refractivity contribution in [3.63, 3.8) is 0 Å². The highest BCUT2D eigenvalue weighted by molar-refractivity contribution is 5.79.